The van der Waals surface area contributed by atoms with Crippen molar-refractivity contribution >= 4 is 50.0 Å². The smallest absolute Gasteiger partial charge is 0.314 e. The van der Waals surface area contributed by atoms with Gasteiger partial charge >= 0.3 is 6.18 Å². The van der Waals surface area contributed by atoms with E-state index in [1.54, 1.807) is 0 Å². The van der Waals surface area contributed by atoms with Crippen LogP contribution in [-0.4, -0.2) is 42.3 Å². The van der Waals surface area contributed by atoms with Gasteiger partial charge in [0.05, 0.1) is 40.2 Å². The predicted molar refractivity (Wildman–Crippen MR) is 115 cm³/mol. The van der Waals surface area contributed by atoms with Gasteiger partial charge in [-0.25, -0.2) is 12.8 Å². The Balaban J connectivity index is 1.71. The quantitative estimate of drug-likeness (QED) is 0.579. The Hall–Kier alpha value is -2.11. The van der Waals surface area contributed by atoms with Crippen LogP contribution in [0.5, 0.6) is 0 Å². The van der Waals surface area contributed by atoms with E-state index in [0.717, 1.165) is 30.0 Å². The van der Waals surface area contributed by atoms with Crippen LogP contribution in [0.25, 0.3) is 0 Å². The zero-order valence-electron chi connectivity index (χ0n) is 16.1. The van der Waals surface area contributed by atoms with Crippen molar-refractivity contribution in [2.75, 3.05) is 16.4 Å². The second-order valence-electron chi connectivity index (χ2n) is 7.43. The first-order valence-corrected chi connectivity index (χ1v) is 12.4. The number of sulfone groups is 1. The lowest BCUT2D eigenvalue weighted by molar-refractivity contribution is -0.137. The first-order valence-electron chi connectivity index (χ1n) is 9.32. The normalized spacial score (nSPS) is 23.5. The highest BCUT2D eigenvalue weighted by Gasteiger charge is 2.50. The van der Waals surface area contributed by atoms with Crippen LogP contribution in [0.2, 0.25) is 5.02 Å². The summed E-state index contributed by atoms with van der Waals surface area (Å²) in [5.41, 5.74) is -0.509. The minimum atomic E-state index is -4.64. The number of aliphatic imine (C=N–C) groups is 1. The number of carbonyl (C=O) groups excluding carboxylic acids is 1. The maximum atomic E-state index is 13.3. The lowest BCUT2D eigenvalue weighted by Gasteiger charge is -2.26. The van der Waals surface area contributed by atoms with Crippen molar-refractivity contribution in [2.45, 2.75) is 23.9 Å². The fourth-order valence-corrected chi connectivity index (χ4v) is 7.78. The highest BCUT2D eigenvalue weighted by Crippen LogP contribution is 2.44. The SMILES string of the molecule is O=C(Cc1ccc(F)cc1)N=C1S[C@H]2CS(=O)(=O)C[C@@H]2N1c1cc(C(F)(F)F)ccc1Cl. The van der Waals surface area contributed by atoms with Crippen molar-refractivity contribution < 1.29 is 30.8 Å². The highest BCUT2D eigenvalue weighted by molar-refractivity contribution is 8.16. The minimum absolute atomic E-state index is 0.0257. The van der Waals surface area contributed by atoms with Gasteiger partial charge in [-0.2, -0.15) is 18.2 Å². The topological polar surface area (TPSA) is 66.8 Å². The zero-order valence-corrected chi connectivity index (χ0v) is 18.5. The van der Waals surface area contributed by atoms with E-state index < -0.39 is 44.6 Å². The minimum Gasteiger partial charge on any atom is -0.314 e. The highest BCUT2D eigenvalue weighted by atomic mass is 35.5. The average Bonchev–Trinajstić information content (AvgIpc) is 3.14. The number of nitrogens with zero attached hydrogens (tertiary/aromatic N) is 2. The molecule has 0 aromatic heterocycles. The number of alkyl halides is 3. The van der Waals surface area contributed by atoms with Crippen LogP contribution in [-0.2, 0) is 27.2 Å². The standard InChI is InChI=1S/C20H15ClF4N2O3S2/c21-14-6-3-12(20(23,24)25)8-15(14)27-16-9-32(29,30)10-17(16)31-19(27)26-18(28)7-11-1-4-13(22)5-2-11/h1-6,8,16-17H,7,9-10H2/t16-,17-/m0/s1. The van der Waals surface area contributed by atoms with Crippen LogP contribution >= 0.6 is 23.4 Å². The summed E-state index contributed by atoms with van der Waals surface area (Å²) < 4.78 is 77.2. The van der Waals surface area contributed by atoms with Gasteiger partial charge in [0, 0.05) is 5.25 Å². The van der Waals surface area contributed by atoms with Crippen LogP contribution < -0.4 is 4.90 Å². The van der Waals surface area contributed by atoms with E-state index in [9.17, 15) is 30.8 Å². The Bertz CT molecular complexity index is 1200. The molecule has 2 aromatic carbocycles. The number of benzene rings is 2. The molecule has 4 rings (SSSR count). The van der Waals surface area contributed by atoms with E-state index >= 15 is 0 Å². The summed E-state index contributed by atoms with van der Waals surface area (Å²) in [6, 6.07) is 7.29. The molecule has 0 unspecified atom stereocenters. The second-order valence-corrected chi connectivity index (χ2v) is 11.2. The average molecular weight is 507 g/mol. The Morgan fingerprint density at radius 1 is 1.16 bits per heavy atom. The van der Waals surface area contributed by atoms with Crippen LogP contribution in [0.15, 0.2) is 47.5 Å². The Kier molecular flexibility index (Phi) is 6.01. The predicted octanol–water partition coefficient (Wildman–Crippen LogP) is 4.34. The van der Waals surface area contributed by atoms with Crippen LogP contribution in [0.4, 0.5) is 23.2 Å². The van der Waals surface area contributed by atoms with Crippen LogP contribution in [0, 0.1) is 5.82 Å². The molecule has 2 aromatic rings. The van der Waals surface area contributed by atoms with Gasteiger partial charge in [-0.1, -0.05) is 35.5 Å². The molecule has 1 amide bonds. The summed E-state index contributed by atoms with van der Waals surface area (Å²) in [7, 11) is -3.41. The number of amides is 1. The lowest BCUT2D eigenvalue weighted by Crippen LogP contribution is -2.38. The van der Waals surface area contributed by atoms with Gasteiger partial charge in [0.15, 0.2) is 15.0 Å². The van der Waals surface area contributed by atoms with Crippen LogP contribution in [0.1, 0.15) is 11.1 Å². The Morgan fingerprint density at radius 3 is 2.50 bits per heavy atom. The molecule has 2 aliphatic rings. The summed E-state index contributed by atoms with van der Waals surface area (Å²) in [6.45, 7) is 0. The maximum Gasteiger partial charge on any atom is 0.416 e. The Labute approximate surface area is 190 Å². The number of hydrogen-bond acceptors (Lipinski definition) is 4. The third-order valence-electron chi connectivity index (χ3n) is 5.09. The monoisotopic (exact) mass is 506 g/mol. The molecule has 0 spiro atoms. The van der Waals surface area contributed by atoms with Crippen molar-refractivity contribution in [1.82, 2.24) is 0 Å². The zero-order chi connectivity index (χ0) is 23.3. The van der Waals surface area contributed by atoms with Crippen molar-refractivity contribution in [3.63, 3.8) is 0 Å². The summed E-state index contributed by atoms with van der Waals surface area (Å²) in [4.78, 5) is 17.9. The number of anilines is 1. The fourth-order valence-electron chi connectivity index (χ4n) is 3.64. The van der Waals surface area contributed by atoms with E-state index in [4.69, 9.17) is 11.6 Å². The third kappa shape index (κ3) is 4.79. The van der Waals surface area contributed by atoms with Gasteiger partial charge in [0.2, 0.25) is 0 Å². The number of fused-ring (bicyclic) bond motifs is 1. The van der Waals surface area contributed by atoms with E-state index in [-0.39, 0.29) is 33.8 Å². The molecule has 2 aliphatic heterocycles. The van der Waals surface area contributed by atoms with Gasteiger partial charge in [-0.05, 0) is 35.9 Å². The van der Waals surface area contributed by atoms with E-state index in [1.165, 1.54) is 29.2 Å². The van der Waals surface area contributed by atoms with Crippen molar-refractivity contribution in [1.29, 1.82) is 0 Å². The largest absolute Gasteiger partial charge is 0.416 e. The van der Waals surface area contributed by atoms with Crippen molar-refractivity contribution in [3.05, 3.63) is 64.4 Å². The molecule has 32 heavy (non-hydrogen) atoms. The van der Waals surface area contributed by atoms with Gasteiger partial charge in [-0.15, -0.1) is 0 Å². The van der Waals surface area contributed by atoms with E-state index in [0.29, 0.717) is 5.56 Å². The fraction of sp³-hybridized carbons (Fsp3) is 0.300. The van der Waals surface area contributed by atoms with E-state index in [1.807, 2.05) is 0 Å². The molecule has 0 aliphatic carbocycles. The van der Waals surface area contributed by atoms with E-state index in [2.05, 4.69) is 4.99 Å². The molecule has 0 saturated carbocycles. The second kappa shape index (κ2) is 8.35. The summed E-state index contributed by atoms with van der Waals surface area (Å²) >= 11 is 7.22. The molecule has 0 N–H and O–H groups in total. The summed E-state index contributed by atoms with van der Waals surface area (Å²) in [5.74, 6) is -1.53. The molecule has 2 atom stereocenters. The molecular weight excluding hydrogens is 492 g/mol. The third-order valence-corrected chi connectivity index (χ3v) is 8.62. The summed E-state index contributed by atoms with van der Waals surface area (Å²) in [5, 5.41) is -0.437. The number of amidine groups is 1. The first kappa shape index (κ1) is 23.1. The van der Waals surface area contributed by atoms with Gasteiger partial charge < -0.3 is 4.90 Å². The van der Waals surface area contributed by atoms with Gasteiger partial charge in [0.25, 0.3) is 5.91 Å². The number of rotatable bonds is 3. The van der Waals surface area contributed by atoms with Crippen LogP contribution in [0.3, 0.4) is 0 Å². The van der Waals surface area contributed by atoms with Crippen molar-refractivity contribution in [3.8, 4) is 0 Å². The molecule has 2 fully saturated rings. The molecular formula is C20H15ClF4N2O3S2. The Morgan fingerprint density at radius 2 is 1.84 bits per heavy atom. The molecule has 0 bridgehead atoms. The molecule has 2 heterocycles. The molecule has 2 saturated heterocycles. The molecule has 170 valence electrons. The number of thioether (sulfide) groups is 1. The molecule has 5 nitrogen and oxygen atoms in total. The summed E-state index contributed by atoms with van der Waals surface area (Å²) in [6.07, 6.45) is -4.79. The number of halogens is 5. The molecule has 0 radical (unpaired) electrons. The van der Waals surface area contributed by atoms with Crippen molar-refractivity contribution in [2.24, 2.45) is 4.99 Å². The van der Waals surface area contributed by atoms with Gasteiger partial charge in [0.1, 0.15) is 5.82 Å². The molecule has 12 heteroatoms. The maximum absolute atomic E-state index is 13.3. The van der Waals surface area contributed by atoms with Gasteiger partial charge in [-0.3, -0.25) is 4.79 Å². The lowest BCUT2D eigenvalue weighted by atomic mass is 10.1. The number of hydrogen-bond donors (Lipinski definition) is 0. The first-order chi connectivity index (χ1) is 14.9. The number of carbonyl (C=O) groups is 1.